The van der Waals surface area contributed by atoms with Crippen LogP contribution in [0.3, 0.4) is 0 Å². The van der Waals surface area contributed by atoms with Crippen LogP contribution < -0.4 is 10.6 Å². The van der Waals surface area contributed by atoms with Crippen molar-refractivity contribution in [3.63, 3.8) is 0 Å². The van der Waals surface area contributed by atoms with E-state index in [1.54, 1.807) is 55.4 Å². The van der Waals surface area contributed by atoms with Crippen molar-refractivity contribution in [3.8, 4) is 0 Å². The lowest BCUT2D eigenvalue weighted by atomic mass is 10.2. The van der Waals surface area contributed by atoms with Crippen LogP contribution in [0, 0.1) is 0 Å². The summed E-state index contributed by atoms with van der Waals surface area (Å²) >= 11 is 0. The lowest BCUT2D eigenvalue weighted by Crippen LogP contribution is -2.27. The number of nitrogens with one attached hydrogen (secondary N) is 2. The minimum atomic E-state index is -1.05. The number of ether oxygens (including phenoxy) is 1. The summed E-state index contributed by atoms with van der Waals surface area (Å²) in [6.07, 6.45) is 6.62. The Morgan fingerprint density at radius 1 is 1.13 bits per heavy atom. The van der Waals surface area contributed by atoms with Gasteiger partial charge in [-0.25, -0.2) is 14.6 Å². The Balaban J connectivity index is 1.92. The van der Waals surface area contributed by atoms with Crippen LogP contribution in [-0.4, -0.2) is 49.8 Å². The van der Waals surface area contributed by atoms with E-state index in [1.165, 1.54) is 6.20 Å². The van der Waals surface area contributed by atoms with Gasteiger partial charge in [0, 0.05) is 38.7 Å². The van der Waals surface area contributed by atoms with Gasteiger partial charge in [-0.1, -0.05) is 0 Å². The van der Waals surface area contributed by atoms with E-state index in [-0.39, 0.29) is 11.7 Å². The standard InChI is InChI=1S/C20H29N5O5/c1-20(2,3)30-19(29)23-14-12-15(17(26)21-4)25(13-14)10-7-5-6-9-24-11-8-22-16(24)18(27)28/h8,11-13H,5-7,9-10H2,1-4H3,(H,21,26)(H,23,29)(H,27,28). The van der Waals surface area contributed by atoms with E-state index in [2.05, 4.69) is 15.6 Å². The quantitative estimate of drug-likeness (QED) is 0.536. The zero-order chi connectivity index (χ0) is 22.3. The number of aromatic nitrogens is 3. The van der Waals surface area contributed by atoms with Gasteiger partial charge in [-0.3, -0.25) is 10.1 Å². The molecule has 0 saturated carbocycles. The SMILES string of the molecule is CNC(=O)c1cc(NC(=O)OC(C)(C)C)cn1CCCCCn1ccnc1C(=O)O. The Morgan fingerprint density at radius 3 is 2.40 bits per heavy atom. The van der Waals surface area contributed by atoms with Gasteiger partial charge in [-0.15, -0.1) is 0 Å². The van der Waals surface area contributed by atoms with Crippen LogP contribution in [0.4, 0.5) is 10.5 Å². The van der Waals surface area contributed by atoms with E-state index >= 15 is 0 Å². The average Bonchev–Trinajstić information content (AvgIpc) is 3.26. The van der Waals surface area contributed by atoms with Crippen molar-refractivity contribution in [2.24, 2.45) is 0 Å². The zero-order valence-electron chi connectivity index (χ0n) is 17.8. The number of carboxylic acid groups (broad SMARTS) is 1. The molecule has 2 amide bonds. The van der Waals surface area contributed by atoms with Crippen molar-refractivity contribution in [2.75, 3.05) is 12.4 Å². The number of nitrogens with zero attached hydrogens (tertiary/aromatic N) is 3. The summed E-state index contributed by atoms with van der Waals surface area (Å²) in [5.41, 5.74) is 0.296. The third-order valence-corrected chi connectivity index (χ3v) is 4.21. The molecule has 0 atom stereocenters. The molecule has 0 spiro atoms. The van der Waals surface area contributed by atoms with Crippen LogP contribution in [0.15, 0.2) is 24.7 Å². The smallest absolute Gasteiger partial charge is 0.412 e. The maximum Gasteiger partial charge on any atom is 0.412 e. The van der Waals surface area contributed by atoms with Crippen LogP contribution in [0.1, 0.15) is 61.1 Å². The van der Waals surface area contributed by atoms with E-state index in [0.29, 0.717) is 24.5 Å². The molecular formula is C20H29N5O5. The summed E-state index contributed by atoms with van der Waals surface area (Å²) in [7, 11) is 1.55. The number of unbranched alkanes of at least 4 members (excludes halogenated alkanes) is 2. The number of amides is 2. The van der Waals surface area contributed by atoms with Crippen molar-refractivity contribution >= 4 is 23.7 Å². The molecule has 0 aromatic carbocycles. The summed E-state index contributed by atoms with van der Waals surface area (Å²) in [6.45, 7) is 6.46. The summed E-state index contributed by atoms with van der Waals surface area (Å²) in [6, 6.07) is 1.60. The number of anilines is 1. The van der Waals surface area contributed by atoms with Gasteiger partial charge in [0.25, 0.3) is 5.91 Å². The molecule has 3 N–H and O–H groups in total. The Labute approximate surface area is 175 Å². The van der Waals surface area contributed by atoms with Crippen molar-refractivity contribution in [1.29, 1.82) is 0 Å². The number of carbonyl (C=O) groups is 3. The topological polar surface area (TPSA) is 127 Å². The molecular weight excluding hydrogens is 390 g/mol. The molecule has 10 heteroatoms. The summed E-state index contributed by atoms with van der Waals surface area (Å²) in [5, 5.41) is 14.3. The van der Waals surface area contributed by atoms with E-state index in [4.69, 9.17) is 9.84 Å². The molecule has 2 aromatic rings. The van der Waals surface area contributed by atoms with Gasteiger partial charge in [0.2, 0.25) is 5.82 Å². The third-order valence-electron chi connectivity index (χ3n) is 4.21. The van der Waals surface area contributed by atoms with Gasteiger partial charge in [-0.05, 0) is 46.1 Å². The number of hydrogen-bond acceptors (Lipinski definition) is 5. The van der Waals surface area contributed by atoms with Gasteiger partial charge < -0.3 is 24.3 Å². The lowest BCUT2D eigenvalue weighted by Gasteiger charge is -2.19. The molecule has 10 nitrogen and oxygen atoms in total. The van der Waals surface area contributed by atoms with Crippen LogP contribution in [-0.2, 0) is 17.8 Å². The second-order valence-corrected chi connectivity index (χ2v) is 7.82. The van der Waals surface area contributed by atoms with Crippen LogP contribution >= 0.6 is 0 Å². The number of carbonyl (C=O) groups excluding carboxylic acids is 2. The summed E-state index contributed by atoms with van der Waals surface area (Å²) in [5.74, 6) is -1.27. The molecule has 2 rings (SSSR count). The second kappa shape index (κ2) is 9.95. The van der Waals surface area contributed by atoms with Crippen molar-refractivity contribution in [2.45, 2.75) is 58.7 Å². The predicted octanol–water partition coefficient (Wildman–Crippen LogP) is 2.96. The van der Waals surface area contributed by atoms with Gasteiger partial charge >= 0.3 is 12.1 Å². The molecule has 0 aliphatic carbocycles. The molecule has 2 heterocycles. The molecule has 0 bridgehead atoms. The average molecular weight is 419 g/mol. The third kappa shape index (κ3) is 6.64. The molecule has 164 valence electrons. The molecule has 30 heavy (non-hydrogen) atoms. The van der Waals surface area contributed by atoms with E-state index < -0.39 is 17.7 Å². The maximum absolute atomic E-state index is 12.2. The number of rotatable bonds is 9. The van der Waals surface area contributed by atoms with Gasteiger partial charge in [0.15, 0.2) is 0 Å². The molecule has 0 saturated heterocycles. The largest absolute Gasteiger partial charge is 0.475 e. The van der Waals surface area contributed by atoms with Crippen LogP contribution in [0.25, 0.3) is 0 Å². The Bertz CT molecular complexity index is 894. The Hall–Kier alpha value is -3.30. The molecule has 0 aliphatic rings. The maximum atomic E-state index is 12.2. The number of imidazole rings is 1. The fourth-order valence-electron chi connectivity index (χ4n) is 2.93. The first-order valence-electron chi connectivity index (χ1n) is 9.77. The molecule has 0 unspecified atom stereocenters. The number of carboxylic acids is 1. The number of hydrogen-bond donors (Lipinski definition) is 3. The summed E-state index contributed by atoms with van der Waals surface area (Å²) in [4.78, 5) is 39.0. The highest BCUT2D eigenvalue weighted by atomic mass is 16.6. The van der Waals surface area contributed by atoms with E-state index in [1.807, 2.05) is 0 Å². The highest BCUT2D eigenvalue weighted by Gasteiger charge is 2.18. The van der Waals surface area contributed by atoms with Crippen LogP contribution in [0.5, 0.6) is 0 Å². The van der Waals surface area contributed by atoms with Gasteiger partial charge in [-0.2, -0.15) is 0 Å². The number of aromatic carboxylic acids is 1. The minimum absolute atomic E-state index is 0.0279. The van der Waals surface area contributed by atoms with Crippen LogP contribution in [0.2, 0.25) is 0 Å². The van der Waals surface area contributed by atoms with Gasteiger partial charge in [0.05, 0.1) is 5.69 Å². The second-order valence-electron chi connectivity index (χ2n) is 7.82. The van der Waals surface area contributed by atoms with Crippen molar-refractivity contribution < 1.29 is 24.2 Å². The highest BCUT2D eigenvalue weighted by Crippen LogP contribution is 2.17. The fraction of sp³-hybridized carbons (Fsp3) is 0.500. The molecule has 0 aliphatic heterocycles. The fourth-order valence-corrected chi connectivity index (χ4v) is 2.93. The predicted molar refractivity (Wildman–Crippen MR) is 111 cm³/mol. The number of aryl methyl sites for hydroxylation is 2. The van der Waals surface area contributed by atoms with Crippen molar-refractivity contribution in [1.82, 2.24) is 19.4 Å². The molecule has 0 radical (unpaired) electrons. The first-order valence-corrected chi connectivity index (χ1v) is 9.77. The Kier molecular flexibility index (Phi) is 7.62. The monoisotopic (exact) mass is 419 g/mol. The van der Waals surface area contributed by atoms with Gasteiger partial charge in [0.1, 0.15) is 11.3 Å². The Morgan fingerprint density at radius 2 is 1.80 bits per heavy atom. The lowest BCUT2D eigenvalue weighted by molar-refractivity contribution is 0.0633. The zero-order valence-corrected chi connectivity index (χ0v) is 17.8. The molecule has 2 aromatic heterocycles. The van der Waals surface area contributed by atoms with Crippen molar-refractivity contribution in [3.05, 3.63) is 36.2 Å². The van der Waals surface area contributed by atoms with E-state index in [9.17, 15) is 14.4 Å². The first kappa shape index (κ1) is 23.0. The normalized spacial score (nSPS) is 11.2. The van der Waals surface area contributed by atoms with E-state index in [0.717, 1.165) is 19.3 Å². The first-order chi connectivity index (χ1) is 14.1. The highest BCUT2D eigenvalue weighted by molar-refractivity contribution is 5.95. The minimum Gasteiger partial charge on any atom is -0.475 e. The molecule has 0 fully saturated rings. The summed E-state index contributed by atoms with van der Waals surface area (Å²) < 4.78 is 8.63.